The van der Waals surface area contributed by atoms with Gasteiger partial charge >= 0.3 is 0 Å². The fourth-order valence-corrected chi connectivity index (χ4v) is 2.29. The third kappa shape index (κ3) is 3.92. The number of ether oxygens (including phenoxy) is 1. The Balaban J connectivity index is 2.11. The van der Waals surface area contributed by atoms with Gasteiger partial charge in [0.2, 0.25) is 0 Å². The van der Waals surface area contributed by atoms with Gasteiger partial charge in [0, 0.05) is 27.4 Å². The van der Waals surface area contributed by atoms with Crippen molar-refractivity contribution < 1.29 is 9.53 Å². The van der Waals surface area contributed by atoms with Crippen molar-refractivity contribution in [2.75, 3.05) is 20.8 Å². The van der Waals surface area contributed by atoms with Crippen LogP contribution in [0.1, 0.15) is 15.9 Å². The van der Waals surface area contributed by atoms with Crippen LogP contribution in [0.2, 0.25) is 0 Å². The zero-order valence-corrected chi connectivity index (χ0v) is 12.7. The van der Waals surface area contributed by atoms with Gasteiger partial charge in [-0.1, -0.05) is 30.3 Å². The van der Waals surface area contributed by atoms with E-state index in [-0.39, 0.29) is 11.9 Å². The Morgan fingerprint density at radius 1 is 1.38 bits per heavy atom. The lowest BCUT2D eigenvalue weighted by atomic mass is 10.0. The average Bonchev–Trinajstić information content (AvgIpc) is 2.93. The van der Waals surface area contributed by atoms with E-state index >= 15 is 0 Å². The Morgan fingerprint density at radius 2 is 2.10 bits per heavy atom. The van der Waals surface area contributed by atoms with Gasteiger partial charge in [-0.05, 0) is 12.0 Å². The fraction of sp³-hybridized carbons (Fsp3) is 0.375. The topological polar surface area (TPSA) is 47.4 Å². The van der Waals surface area contributed by atoms with E-state index in [1.807, 2.05) is 25.2 Å². The van der Waals surface area contributed by atoms with Gasteiger partial charge in [-0.3, -0.25) is 9.48 Å². The standard InChI is InChI=1S/C16H21N3O2/c1-18-11-14(10-17-18)16(20)19(2)15(12-21-3)9-13-7-5-4-6-8-13/h4-8,10-11,15H,9,12H2,1-3H3. The van der Waals surface area contributed by atoms with Crippen molar-refractivity contribution in [2.45, 2.75) is 12.5 Å². The van der Waals surface area contributed by atoms with Gasteiger partial charge in [0.05, 0.1) is 24.4 Å². The molecule has 1 aromatic heterocycles. The number of benzene rings is 1. The Labute approximate surface area is 125 Å². The molecule has 1 unspecified atom stereocenters. The van der Waals surface area contributed by atoms with Crippen LogP contribution >= 0.6 is 0 Å². The van der Waals surface area contributed by atoms with Gasteiger partial charge in [0.15, 0.2) is 0 Å². The van der Waals surface area contributed by atoms with E-state index in [1.54, 1.807) is 36.1 Å². The molecule has 21 heavy (non-hydrogen) atoms. The van der Waals surface area contributed by atoms with Gasteiger partial charge in [-0.2, -0.15) is 5.10 Å². The van der Waals surface area contributed by atoms with Crippen molar-refractivity contribution in [1.29, 1.82) is 0 Å². The lowest BCUT2D eigenvalue weighted by Gasteiger charge is -2.27. The predicted molar refractivity (Wildman–Crippen MR) is 81.1 cm³/mol. The highest BCUT2D eigenvalue weighted by atomic mass is 16.5. The zero-order valence-electron chi connectivity index (χ0n) is 12.7. The molecule has 1 atom stereocenters. The predicted octanol–water partition coefficient (Wildman–Crippen LogP) is 1.75. The van der Waals surface area contributed by atoms with Gasteiger partial charge in [-0.15, -0.1) is 0 Å². The summed E-state index contributed by atoms with van der Waals surface area (Å²) >= 11 is 0. The Hall–Kier alpha value is -2.14. The monoisotopic (exact) mass is 287 g/mol. The van der Waals surface area contributed by atoms with E-state index in [0.717, 1.165) is 6.42 Å². The fourth-order valence-electron chi connectivity index (χ4n) is 2.29. The van der Waals surface area contributed by atoms with E-state index in [2.05, 4.69) is 17.2 Å². The first kappa shape index (κ1) is 15.3. The molecule has 1 amide bonds. The highest BCUT2D eigenvalue weighted by Crippen LogP contribution is 2.12. The van der Waals surface area contributed by atoms with Crippen molar-refractivity contribution in [3.05, 3.63) is 53.9 Å². The van der Waals surface area contributed by atoms with Gasteiger partial charge in [-0.25, -0.2) is 0 Å². The Bertz CT molecular complexity index is 580. The van der Waals surface area contributed by atoms with Crippen molar-refractivity contribution in [3.8, 4) is 0 Å². The van der Waals surface area contributed by atoms with E-state index in [0.29, 0.717) is 12.2 Å². The summed E-state index contributed by atoms with van der Waals surface area (Å²) in [6.45, 7) is 0.497. The lowest BCUT2D eigenvalue weighted by Crippen LogP contribution is -2.41. The molecule has 0 aliphatic carbocycles. The van der Waals surface area contributed by atoms with Crippen LogP contribution in [-0.4, -0.2) is 47.4 Å². The molecule has 0 spiro atoms. The maximum atomic E-state index is 12.5. The lowest BCUT2D eigenvalue weighted by molar-refractivity contribution is 0.0604. The quantitative estimate of drug-likeness (QED) is 0.813. The highest BCUT2D eigenvalue weighted by Gasteiger charge is 2.22. The number of likely N-dealkylation sites (N-methyl/N-ethyl adjacent to an activating group) is 1. The minimum absolute atomic E-state index is 0.00916. The number of aryl methyl sites for hydroxylation is 1. The second kappa shape index (κ2) is 7.04. The summed E-state index contributed by atoms with van der Waals surface area (Å²) in [7, 11) is 5.26. The summed E-state index contributed by atoms with van der Waals surface area (Å²) in [4.78, 5) is 14.2. The Morgan fingerprint density at radius 3 is 2.67 bits per heavy atom. The van der Waals surface area contributed by atoms with Crippen LogP contribution in [0.4, 0.5) is 0 Å². The number of amides is 1. The number of hydrogen-bond donors (Lipinski definition) is 0. The van der Waals surface area contributed by atoms with Crippen molar-refractivity contribution in [1.82, 2.24) is 14.7 Å². The van der Waals surface area contributed by atoms with Crippen LogP contribution in [0.25, 0.3) is 0 Å². The van der Waals surface area contributed by atoms with E-state index in [9.17, 15) is 4.79 Å². The smallest absolute Gasteiger partial charge is 0.257 e. The van der Waals surface area contributed by atoms with Crippen molar-refractivity contribution in [2.24, 2.45) is 7.05 Å². The molecule has 0 bridgehead atoms. The molecule has 0 N–H and O–H groups in total. The molecule has 1 aromatic carbocycles. The molecule has 5 heteroatoms. The second-order valence-electron chi connectivity index (χ2n) is 5.12. The molecule has 0 radical (unpaired) electrons. The van der Waals surface area contributed by atoms with Crippen molar-refractivity contribution in [3.63, 3.8) is 0 Å². The van der Waals surface area contributed by atoms with Crippen LogP contribution in [0, 0.1) is 0 Å². The maximum absolute atomic E-state index is 12.5. The molecule has 5 nitrogen and oxygen atoms in total. The summed E-state index contributed by atoms with van der Waals surface area (Å²) in [5, 5.41) is 4.05. The molecule has 0 aliphatic rings. The molecule has 0 saturated heterocycles. The largest absolute Gasteiger partial charge is 0.383 e. The number of hydrogen-bond acceptors (Lipinski definition) is 3. The number of nitrogens with zero attached hydrogens (tertiary/aromatic N) is 3. The maximum Gasteiger partial charge on any atom is 0.257 e. The molecule has 0 aliphatic heterocycles. The third-order valence-electron chi connectivity index (χ3n) is 3.49. The minimum atomic E-state index is -0.0407. The molecular weight excluding hydrogens is 266 g/mol. The Kier molecular flexibility index (Phi) is 5.11. The van der Waals surface area contributed by atoms with E-state index in [4.69, 9.17) is 4.74 Å². The number of carbonyl (C=O) groups excluding carboxylic acids is 1. The first-order valence-electron chi connectivity index (χ1n) is 6.90. The summed E-state index contributed by atoms with van der Waals surface area (Å²) in [6, 6.07) is 10.1. The second-order valence-corrected chi connectivity index (χ2v) is 5.12. The number of methoxy groups -OCH3 is 1. The molecule has 1 heterocycles. The minimum Gasteiger partial charge on any atom is -0.383 e. The molecule has 112 valence electrons. The first-order valence-corrected chi connectivity index (χ1v) is 6.90. The molecule has 0 fully saturated rings. The van der Waals surface area contributed by atoms with Crippen LogP contribution in [0.5, 0.6) is 0 Å². The third-order valence-corrected chi connectivity index (χ3v) is 3.49. The van der Waals surface area contributed by atoms with Crippen LogP contribution in [0.3, 0.4) is 0 Å². The van der Waals surface area contributed by atoms with E-state index < -0.39 is 0 Å². The van der Waals surface area contributed by atoms with Crippen LogP contribution < -0.4 is 0 Å². The summed E-state index contributed by atoms with van der Waals surface area (Å²) in [5.74, 6) is -0.0407. The molecule has 0 saturated carbocycles. The summed E-state index contributed by atoms with van der Waals surface area (Å²) in [5.41, 5.74) is 1.78. The summed E-state index contributed by atoms with van der Waals surface area (Å²) < 4.78 is 6.90. The number of rotatable bonds is 6. The average molecular weight is 287 g/mol. The van der Waals surface area contributed by atoms with Gasteiger partial charge < -0.3 is 9.64 Å². The zero-order chi connectivity index (χ0) is 15.2. The number of carbonyl (C=O) groups is 1. The summed E-state index contributed by atoms with van der Waals surface area (Å²) in [6.07, 6.45) is 4.08. The molecule has 2 rings (SSSR count). The van der Waals surface area contributed by atoms with Crippen LogP contribution in [0.15, 0.2) is 42.7 Å². The highest BCUT2D eigenvalue weighted by molar-refractivity contribution is 5.93. The van der Waals surface area contributed by atoms with Gasteiger partial charge in [0.25, 0.3) is 5.91 Å². The molecular formula is C16H21N3O2. The number of aromatic nitrogens is 2. The van der Waals surface area contributed by atoms with E-state index in [1.165, 1.54) is 5.56 Å². The van der Waals surface area contributed by atoms with Crippen LogP contribution in [-0.2, 0) is 18.2 Å². The SMILES string of the molecule is COCC(Cc1ccccc1)N(C)C(=O)c1cnn(C)c1. The first-order chi connectivity index (χ1) is 10.1. The molecule has 2 aromatic rings. The van der Waals surface area contributed by atoms with Gasteiger partial charge in [0.1, 0.15) is 0 Å². The normalized spacial score (nSPS) is 12.1. The van der Waals surface area contributed by atoms with Crippen molar-refractivity contribution >= 4 is 5.91 Å².